The molecule has 0 saturated heterocycles. The highest BCUT2D eigenvalue weighted by Crippen LogP contribution is 2.35. The van der Waals surface area contributed by atoms with E-state index < -0.39 is 4.92 Å². The Balaban J connectivity index is 2.31. The van der Waals surface area contributed by atoms with E-state index >= 15 is 0 Å². The number of rotatable bonds is 3. The van der Waals surface area contributed by atoms with E-state index in [4.69, 9.17) is 0 Å². The van der Waals surface area contributed by atoms with Crippen molar-refractivity contribution in [2.24, 2.45) is 0 Å². The summed E-state index contributed by atoms with van der Waals surface area (Å²) in [4.78, 5) is 14.9. The van der Waals surface area contributed by atoms with Gasteiger partial charge >= 0.3 is 0 Å². The summed E-state index contributed by atoms with van der Waals surface area (Å²) in [7, 11) is 0. The van der Waals surface area contributed by atoms with Gasteiger partial charge < -0.3 is 0 Å². The van der Waals surface area contributed by atoms with Crippen molar-refractivity contribution in [3.8, 4) is 11.3 Å². The van der Waals surface area contributed by atoms with Gasteiger partial charge in [0.25, 0.3) is 5.69 Å². The Labute approximate surface area is 131 Å². The van der Waals surface area contributed by atoms with Gasteiger partial charge in [0.05, 0.1) is 10.4 Å². The number of aromatic nitrogens is 2. The number of nitro groups is 1. The molecule has 0 fully saturated rings. The van der Waals surface area contributed by atoms with Crippen LogP contribution in [0.25, 0.3) is 22.2 Å². The van der Waals surface area contributed by atoms with Crippen molar-refractivity contribution in [3.63, 3.8) is 0 Å². The summed E-state index contributed by atoms with van der Waals surface area (Å²) < 4.78 is 14.7. The molecule has 106 valence electrons. The summed E-state index contributed by atoms with van der Waals surface area (Å²) >= 11 is 3.25. The molecule has 2 heterocycles. The number of fused-ring (bicyclic) bond motifs is 1. The van der Waals surface area contributed by atoms with Gasteiger partial charge in [-0.05, 0) is 28.1 Å². The predicted molar refractivity (Wildman–Crippen MR) is 83.6 cm³/mol. The van der Waals surface area contributed by atoms with E-state index in [1.165, 1.54) is 16.2 Å². The van der Waals surface area contributed by atoms with E-state index in [-0.39, 0.29) is 23.7 Å². The van der Waals surface area contributed by atoms with Crippen LogP contribution in [0.15, 0.2) is 47.2 Å². The van der Waals surface area contributed by atoms with Crippen LogP contribution in [-0.2, 0) is 0 Å². The molecule has 0 unspecified atom stereocenters. The van der Waals surface area contributed by atoms with Gasteiger partial charge in [-0.3, -0.25) is 14.1 Å². The van der Waals surface area contributed by atoms with Crippen molar-refractivity contribution in [3.05, 3.63) is 57.3 Å². The fraction of sp³-hybridized carbons (Fsp3) is 0. The molecule has 0 bridgehead atoms. The lowest BCUT2D eigenvalue weighted by molar-refractivity contribution is -0.384. The van der Waals surface area contributed by atoms with Gasteiger partial charge in [0.15, 0.2) is 12.3 Å². The van der Waals surface area contributed by atoms with Crippen LogP contribution in [0.4, 0.5) is 9.57 Å². The largest absolute Gasteiger partial charge is 0.296 e. The molecule has 5 nitrogen and oxygen atoms in total. The van der Waals surface area contributed by atoms with Gasteiger partial charge in [0.1, 0.15) is 5.69 Å². The highest BCUT2D eigenvalue weighted by atomic mass is 79.9. The van der Waals surface area contributed by atoms with Crippen molar-refractivity contribution in [2.45, 2.75) is 0 Å². The summed E-state index contributed by atoms with van der Waals surface area (Å²) in [6, 6.07) is 8.32. The van der Waals surface area contributed by atoms with Crippen LogP contribution >= 0.6 is 28.3 Å². The first kappa shape index (κ1) is 14.0. The zero-order chi connectivity index (χ0) is 15.0. The number of hydrogen-bond donors (Lipinski definition) is 0. The Kier molecular flexibility index (Phi) is 3.64. The predicted octanol–water partition coefficient (Wildman–Crippen LogP) is 4.75. The number of nitrogens with zero attached hydrogens (tertiary/aromatic N) is 3. The maximum absolute atomic E-state index is 12.8. The third-order valence-corrected chi connectivity index (χ3v) is 3.96. The Hall–Kier alpha value is -1.93. The fourth-order valence-corrected chi connectivity index (χ4v) is 2.84. The molecule has 0 N–H and O–H groups in total. The van der Waals surface area contributed by atoms with Crippen LogP contribution in [-0.4, -0.2) is 13.9 Å². The third kappa shape index (κ3) is 2.40. The van der Waals surface area contributed by atoms with Gasteiger partial charge in [-0.15, -0.1) is 3.89 Å². The minimum Gasteiger partial charge on any atom is -0.264 e. The Morgan fingerprint density at radius 1 is 1.38 bits per heavy atom. The van der Waals surface area contributed by atoms with Gasteiger partial charge in [-0.1, -0.05) is 12.1 Å². The number of benzene rings is 1. The molecule has 0 spiro atoms. The Morgan fingerprint density at radius 2 is 2.19 bits per heavy atom. The summed E-state index contributed by atoms with van der Waals surface area (Å²) in [5.41, 5.74) is 1.39. The molecular weight excluding hydrogens is 361 g/mol. The highest BCUT2D eigenvalue weighted by Gasteiger charge is 2.20. The molecule has 3 rings (SSSR count). The third-order valence-electron chi connectivity index (χ3n) is 3.06. The summed E-state index contributed by atoms with van der Waals surface area (Å²) in [6.45, 7) is 0. The molecule has 3 aromatic rings. The second-order valence-corrected chi connectivity index (χ2v) is 5.67. The molecule has 0 aliphatic heterocycles. The minimum atomic E-state index is -0.479. The standard InChI is InChI=1S/C13H7BrFN3O2S/c14-8-6-12(18(19)20)13(16-7-8)10-2-1-3-11-9(10)4-5-17(11)21-15/h1-7H. The van der Waals surface area contributed by atoms with Crippen molar-refractivity contribution < 1.29 is 8.81 Å². The Bertz CT molecular complexity index is 853. The molecule has 21 heavy (non-hydrogen) atoms. The molecule has 2 aromatic heterocycles. The van der Waals surface area contributed by atoms with Gasteiger partial charge in [0, 0.05) is 33.9 Å². The SMILES string of the molecule is O=[N+]([O-])c1cc(Br)cnc1-c1cccc2c1ccn2SF. The average molecular weight is 368 g/mol. The Morgan fingerprint density at radius 3 is 2.90 bits per heavy atom. The van der Waals surface area contributed by atoms with Crippen LogP contribution in [0.1, 0.15) is 0 Å². The number of halogens is 2. The van der Waals surface area contributed by atoms with Crippen molar-refractivity contribution in [2.75, 3.05) is 0 Å². The second-order valence-electron chi connectivity index (χ2n) is 4.23. The first-order valence-electron chi connectivity index (χ1n) is 5.81. The molecule has 0 amide bonds. The summed E-state index contributed by atoms with van der Waals surface area (Å²) in [5, 5.41) is 11.9. The van der Waals surface area contributed by atoms with Crippen LogP contribution in [0.5, 0.6) is 0 Å². The summed E-state index contributed by atoms with van der Waals surface area (Å²) in [5.74, 6) is 0. The maximum Gasteiger partial charge on any atom is 0.296 e. The molecule has 0 saturated carbocycles. The molecule has 8 heteroatoms. The smallest absolute Gasteiger partial charge is 0.264 e. The lowest BCUT2D eigenvalue weighted by atomic mass is 10.1. The highest BCUT2D eigenvalue weighted by molar-refractivity contribution is 9.10. The molecule has 0 atom stereocenters. The van der Waals surface area contributed by atoms with Crippen molar-refractivity contribution >= 4 is 44.9 Å². The van der Waals surface area contributed by atoms with E-state index in [0.717, 1.165) is 0 Å². The molecule has 0 radical (unpaired) electrons. The average Bonchev–Trinajstić information content (AvgIpc) is 2.90. The lowest BCUT2D eigenvalue weighted by Crippen LogP contribution is -1.95. The van der Waals surface area contributed by atoms with Crippen molar-refractivity contribution in [1.29, 1.82) is 0 Å². The van der Waals surface area contributed by atoms with Gasteiger partial charge in [-0.2, -0.15) is 0 Å². The lowest BCUT2D eigenvalue weighted by Gasteiger charge is -2.05. The van der Waals surface area contributed by atoms with Gasteiger partial charge in [0.2, 0.25) is 0 Å². The van der Waals surface area contributed by atoms with Crippen LogP contribution in [0.2, 0.25) is 0 Å². The number of hydrogen-bond acceptors (Lipinski definition) is 4. The minimum absolute atomic E-state index is 0.0767. The summed E-state index contributed by atoms with van der Waals surface area (Å²) in [6.07, 6.45) is 3.07. The molecule has 0 aliphatic carbocycles. The maximum atomic E-state index is 12.8. The van der Waals surface area contributed by atoms with Gasteiger partial charge in [-0.25, -0.2) is 4.98 Å². The molecular formula is C13H7BrFN3O2S. The van der Waals surface area contributed by atoms with Crippen LogP contribution in [0, 0.1) is 10.1 Å². The first-order valence-corrected chi connectivity index (χ1v) is 7.28. The van der Waals surface area contributed by atoms with Crippen LogP contribution in [0.3, 0.4) is 0 Å². The van der Waals surface area contributed by atoms with E-state index in [1.807, 2.05) is 0 Å². The first-order chi connectivity index (χ1) is 10.1. The van der Waals surface area contributed by atoms with Crippen LogP contribution < -0.4 is 0 Å². The molecule has 1 aromatic carbocycles. The zero-order valence-electron chi connectivity index (χ0n) is 10.4. The molecule has 0 aliphatic rings. The zero-order valence-corrected chi connectivity index (χ0v) is 12.8. The quantitative estimate of drug-likeness (QED) is 0.494. The van der Waals surface area contributed by atoms with Crippen molar-refractivity contribution in [1.82, 2.24) is 8.96 Å². The van der Waals surface area contributed by atoms with E-state index in [2.05, 4.69) is 20.9 Å². The van der Waals surface area contributed by atoms with E-state index in [0.29, 0.717) is 20.9 Å². The van der Waals surface area contributed by atoms with E-state index in [9.17, 15) is 14.0 Å². The normalized spacial score (nSPS) is 11.0. The monoisotopic (exact) mass is 367 g/mol. The second kappa shape index (κ2) is 5.45. The number of pyridine rings is 1. The van der Waals surface area contributed by atoms with E-state index in [1.54, 1.807) is 30.5 Å². The topological polar surface area (TPSA) is 61.0 Å². The fourth-order valence-electron chi connectivity index (χ4n) is 2.18.